The number of ether oxygens (including phenoxy) is 1. The summed E-state index contributed by atoms with van der Waals surface area (Å²) in [5.41, 5.74) is -0.122. The average Bonchev–Trinajstić information content (AvgIpc) is 2.28. The molecular weight excluding hydrogens is 212 g/mol. The molecule has 0 saturated carbocycles. The Morgan fingerprint density at radius 1 is 1.50 bits per heavy atom. The molecule has 0 radical (unpaired) electrons. The van der Waals surface area contributed by atoms with E-state index in [1.54, 1.807) is 6.92 Å². The van der Waals surface area contributed by atoms with Gasteiger partial charge in [-0.05, 0) is 19.1 Å². The second-order valence-electron chi connectivity index (χ2n) is 3.08. The topological polar surface area (TPSA) is 88.5 Å². The van der Waals surface area contributed by atoms with E-state index in [-0.39, 0.29) is 17.4 Å². The van der Waals surface area contributed by atoms with Crippen LogP contribution in [0.1, 0.15) is 17.4 Å². The van der Waals surface area contributed by atoms with Gasteiger partial charge in [-0.2, -0.15) is 0 Å². The number of amides is 1. The number of carbonyl (C=O) groups is 2. The molecule has 0 aliphatic heterocycles. The molecule has 1 aromatic heterocycles. The third kappa shape index (κ3) is 3.03. The number of hydrogen-bond acceptors (Lipinski definition) is 4. The molecule has 1 amide bonds. The number of carbonyl (C=O) groups excluding carboxylic acids is 1. The summed E-state index contributed by atoms with van der Waals surface area (Å²) in [5, 5.41) is 11.1. The molecule has 0 aliphatic carbocycles. The summed E-state index contributed by atoms with van der Waals surface area (Å²) in [6.07, 6.45) is -0.615. The van der Waals surface area contributed by atoms with Crippen molar-refractivity contribution in [3.8, 4) is 0 Å². The highest BCUT2D eigenvalue weighted by Crippen LogP contribution is 2.05. The van der Waals surface area contributed by atoms with Crippen molar-refractivity contribution < 1.29 is 19.4 Å². The van der Waals surface area contributed by atoms with E-state index in [1.807, 2.05) is 0 Å². The van der Waals surface area contributed by atoms with Gasteiger partial charge >= 0.3 is 5.97 Å². The smallest absolute Gasteiger partial charge is 0.354 e. The Balaban J connectivity index is 2.78. The van der Waals surface area contributed by atoms with Crippen molar-refractivity contribution in [1.82, 2.24) is 4.98 Å². The highest BCUT2D eigenvalue weighted by molar-refractivity contribution is 5.93. The lowest BCUT2D eigenvalue weighted by molar-refractivity contribution is -0.124. The van der Waals surface area contributed by atoms with Crippen molar-refractivity contribution in [3.63, 3.8) is 0 Å². The van der Waals surface area contributed by atoms with E-state index in [9.17, 15) is 9.59 Å². The molecule has 1 aromatic rings. The van der Waals surface area contributed by atoms with Crippen LogP contribution in [0.5, 0.6) is 0 Å². The Hall–Kier alpha value is -1.95. The van der Waals surface area contributed by atoms with Crippen molar-refractivity contribution in [3.05, 3.63) is 23.9 Å². The predicted octanol–water partition coefficient (Wildman–Crippen LogP) is 0.753. The Kier molecular flexibility index (Phi) is 3.96. The van der Waals surface area contributed by atoms with Crippen LogP contribution in [0.2, 0.25) is 0 Å². The molecule has 16 heavy (non-hydrogen) atoms. The van der Waals surface area contributed by atoms with E-state index >= 15 is 0 Å². The number of methoxy groups -OCH3 is 1. The Morgan fingerprint density at radius 2 is 2.19 bits per heavy atom. The number of nitrogens with zero attached hydrogens (tertiary/aromatic N) is 1. The summed E-state index contributed by atoms with van der Waals surface area (Å²) in [4.78, 5) is 25.8. The van der Waals surface area contributed by atoms with Crippen LogP contribution in [0.15, 0.2) is 18.2 Å². The molecule has 0 spiro atoms. The SMILES string of the molecule is COC(C)C(=O)Nc1cccc(C(=O)O)n1. The molecule has 0 saturated heterocycles. The van der Waals surface area contributed by atoms with Crippen LogP contribution in [0, 0.1) is 0 Å². The molecule has 1 unspecified atom stereocenters. The molecule has 1 heterocycles. The van der Waals surface area contributed by atoms with Crippen molar-refractivity contribution in [2.45, 2.75) is 13.0 Å². The lowest BCUT2D eigenvalue weighted by Gasteiger charge is -2.09. The Bertz CT molecular complexity index is 406. The number of carboxylic acid groups (broad SMARTS) is 1. The fraction of sp³-hybridized carbons (Fsp3) is 0.300. The largest absolute Gasteiger partial charge is 0.477 e. The fourth-order valence-electron chi connectivity index (χ4n) is 0.958. The molecule has 6 heteroatoms. The quantitative estimate of drug-likeness (QED) is 0.787. The normalized spacial score (nSPS) is 11.9. The van der Waals surface area contributed by atoms with Gasteiger partial charge in [0.1, 0.15) is 11.9 Å². The molecule has 0 bridgehead atoms. The van der Waals surface area contributed by atoms with Gasteiger partial charge < -0.3 is 15.2 Å². The van der Waals surface area contributed by atoms with Gasteiger partial charge in [0.05, 0.1) is 0 Å². The fourth-order valence-corrected chi connectivity index (χ4v) is 0.958. The highest BCUT2D eigenvalue weighted by atomic mass is 16.5. The minimum absolute atomic E-state index is 0.122. The van der Waals surface area contributed by atoms with Gasteiger partial charge in [-0.3, -0.25) is 4.79 Å². The first-order valence-electron chi connectivity index (χ1n) is 4.58. The zero-order valence-electron chi connectivity index (χ0n) is 8.93. The number of hydrogen-bond donors (Lipinski definition) is 2. The molecule has 86 valence electrons. The van der Waals surface area contributed by atoms with Gasteiger partial charge in [-0.25, -0.2) is 9.78 Å². The molecule has 6 nitrogen and oxygen atoms in total. The summed E-state index contributed by atoms with van der Waals surface area (Å²) in [6.45, 7) is 1.58. The first kappa shape index (κ1) is 12.1. The first-order valence-corrected chi connectivity index (χ1v) is 4.58. The van der Waals surface area contributed by atoms with Crippen LogP contribution in [-0.2, 0) is 9.53 Å². The zero-order chi connectivity index (χ0) is 12.1. The molecule has 0 aliphatic rings. The van der Waals surface area contributed by atoms with Gasteiger partial charge in [0.25, 0.3) is 5.91 Å². The van der Waals surface area contributed by atoms with Crippen molar-refractivity contribution >= 4 is 17.7 Å². The van der Waals surface area contributed by atoms with E-state index < -0.39 is 12.1 Å². The van der Waals surface area contributed by atoms with Gasteiger partial charge in [0, 0.05) is 7.11 Å². The minimum atomic E-state index is -1.14. The summed E-state index contributed by atoms with van der Waals surface area (Å²) in [5.74, 6) is -1.33. The number of nitrogens with one attached hydrogen (secondary N) is 1. The maximum absolute atomic E-state index is 11.4. The number of aromatic carboxylic acids is 1. The molecule has 1 rings (SSSR count). The second kappa shape index (κ2) is 5.22. The van der Waals surface area contributed by atoms with Gasteiger partial charge in [-0.15, -0.1) is 0 Å². The predicted molar refractivity (Wildman–Crippen MR) is 56.3 cm³/mol. The van der Waals surface area contributed by atoms with Crippen LogP contribution in [-0.4, -0.2) is 35.2 Å². The van der Waals surface area contributed by atoms with E-state index in [4.69, 9.17) is 9.84 Å². The molecule has 0 fully saturated rings. The summed E-state index contributed by atoms with van der Waals surface area (Å²) in [7, 11) is 1.41. The monoisotopic (exact) mass is 224 g/mol. The number of anilines is 1. The van der Waals surface area contributed by atoms with Crippen LogP contribution < -0.4 is 5.32 Å². The molecule has 2 N–H and O–H groups in total. The zero-order valence-corrected chi connectivity index (χ0v) is 8.93. The summed E-state index contributed by atoms with van der Waals surface area (Å²) >= 11 is 0. The van der Waals surface area contributed by atoms with Crippen LogP contribution in [0.25, 0.3) is 0 Å². The van der Waals surface area contributed by atoms with Crippen LogP contribution in [0.4, 0.5) is 5.82 Å². The van der Waals surface area contributed by atoms with E-state index in [0.29, 0.717) is 0 Å². The Labute approximate surface area is 92.3 Å². The van der Waals surface area contributed by atoms with Gasteiger partial charge in [0.2, 0.25) is 0 Å². The maximum atomic E-state index is 11.4. The standard InChI is InChI=1S/C10H12N2O4/c1-6(16-2)9(13)12-8-5-3-4-7(11-8)10(14)15/h3-6H,1-2H3,(H,14,15)(H,11,12,13). The third-order valence-electron chi connectivity index (χ3n) is 1.94. The van der Waals surface area contributed by atoms with E-state index in [0.717, 1.165) is 0 Å². The average molecular weight is 224 g/mol. The van der Waals surface area contributed by atoms with Crippen LogP contribution >= 0.6 is 0 Å². The van der Waals surface area contributed by atoms with E-state index in [1.165, 1.54) is 25.3 Å². The molecule has 1 atom stereocenters. The third-order valence-corrected chi connectivity index (χ3v) is 1.94. The summed E-state index contributed by atoms with van der Waals surface area (Å²) in [6, 6.07) is 4.36. The lowest BCUT2D eigenvalue weighted by atomic mass is 10.3. The number of rotatable bonds is 4. The van der Waals surface area contributed by atoms with Crippen LogP contribution in [0.3, 0.4) is 0 Å². The van der Waals surface area contributed by atoms with Gasteiger partial charge in [0.15, 0.2) is 5.69 Å². The maximum Gasteiger partial charge on any atom is 0.354 e. The lowest BCUT2D eigenvalue weighted by Crippen LogP contribution is -2.27. The first-order chi connectivity index (χ1) is 7.54. The second-order valence-corrected chi connectivity index (χ2v) is 3.08. The van der Waals surface area contributed by atoms with Gasteiger partial charge in [-0.1, -0.05) is 6.07 Å². The van der Waals surface area contributed by atoms with Crippen molar-refractivity contribution in [2.75, 3.05) is 12.4 Å². The van der Waals surface area contributed by atoms with Crippen molar-refractivity contribution in [2.24, 2.45) is 0 Å². The number of carboxylic acids is 1. The Morgan fingerprint density at radius 3 is 2.75 bits per heavy atom. The highest BCUT2D eigenvalue weighted by Gasteiger charge is 2.13. The van der Waals surface area contributed by atoms with E-state index in [2.05, 4.69) is 10.3 Å². The number of aromatic nitrogens is 1. The molecular formula is C10H12N2O4. The summed E-state index contributed by atoms with van der Waals surface area (Å²) < 4.78 is 4.81. The molecule has 0 aromatic carbocycles. The minimum Gasteiger partial charge on any atom is -0.477 e. The van der Waals surface area contributed by atoms with Crippen molar-refractivity contribution in [1.29, 1.82) is 0 Å². The number of pyridine rings is 1.